The van der Waals surface area contributed by atoms with Gasteiger partial charge in [0.05, 0.1) is 0 Å². The first-order chi connectivity index (χ1) is 7.13. The Morgan fingerprint density at radius 3 is 2.87 bits per heavy atom. The average molecular weight is 275 g/mol. The molecule has 15 heavy (non-hydrogen) atoms. The Labute approximate surface area is 96.6 Å². The molecule has 0 aromatic heterocycles. The molecule has 0 radical (unpaired) electrons. The summed E-state index contributed by atoms with van der Waals surface area (Å²) in [6.45, 7) is 2.47. The minimum absolute atomic E-state index is 0.0100. The molecule has 0 aliphatic carbocycles. The molecule has 0 fully saturated rings. The van der Waals surface area contributed by atoms with Gasteiger partial charge in [0.25, 0.3) is 0 Å². The fourth-order valence-electron chi connectivity index (χ4n) is 1.14. The third kappa shape index (κ3) is 4.10. The molecule has 0 unspecified atom stereocenters. The molecule has 0 amide bonds. The molecule has 0 saturated carbocycles. The van der Waals surface area contributed by atoms with Crippen LogP contribution < -0.4 is 0 Å². The van der Waals surface area contributed by atoms with Gasteiger partial charge in [-0.1, -0.05) is 22.0 Å². The van der Waals surface area contributed by atoms with E-state index in [2.05, 4.69) is 15.9 Å². The molecule has 4 heteroatoms. The third-order valence-electron chi connectivity index (χ3n) is 1.87. The summed E-state index contributed by atoms with van der Waals surface area (Å²) >= 11 is 3.21. The molecular formula is C11H12BrFO2. The second-order valence-electron chi connectivity index (χ2n) is 3.09. The van der Waals surface area contributed by atoms with Gasteiger partial charge in [-0.05, 0) is 24.6 Å². The molecule has 0 aliphatic heterocycles. The average Bonchev–Trinajstić information content (AvgIpc) is 2.19. The Morgan fingerprint density at radius 1 is 1.53 bits per heavy atom. The van der Waals surface area contributed by atoms with Crippen molar-refractivity contribution < 1.29 is 13.9 Å². The van der Waals surface area contributed by atoms with Crippen LogP contribution in [-0.4, -0.2) is 19.0 Å². The Balaban J connectivity index is 2.60. The number of hydrogen-bond acceptors (Lipinski definition) is 2. The molecule has 1 aromatic rings. The van der Waals surface area contributed by atoms with E-state index in [0.717, 1.165) is 5.56 Å². The highest BCUT2D eigenvalue weighted by Gasteiger charge is 2.07. The van der Waals surface area contributed by atoms with Crippen LogP contribution in [0, 0.1) is 5.82 Å². The van der Waals surface area contributed by atoms with Crippen LogP contribution >= 0.6 is 15.9 Å². The minimum Gasteiger partial charge on any atom is -0.374 e. The molecule has 0 atom stereocenters. The first kappa shape index (κ1) is 12.3. The predicted octanol–water partition coefficient (Wildman–Crippen LogP) is 2.74. The second-order valence-corrected chi connectivity index (χ2v) is 3.94. The highest BCUT2D eigenvalue weighted by Crippen LogP contribution is 2.18. The van der Waals surface area contributed by atoms with Crippen LogP contribution in [-0.2, 0) is 16.0 Å². The van der Waals surface area contributed by atoms with Gasteiger partial charge in [0.2, 0.25) is 0 Å². The van der Waals surface area contributed by atoms with Gasteiger partial charge >= 0.3 is 0 Å². The van der Waals surface area contributed by atoms with Gasteiger partial charge < -0.3 is 4.74 Å². The maximum absolute atomic E-state index is 12.7. The van der Waals surface area contributed by atoms with Gasteiger partial charge in [0.1, 0.15) is 12.4 Å². The second kappa shape index (κ2) is 5.98. The largest absolute Gasteiger partial charge is 0.374 e. The van der Waals surface area contributed by atoms with E-state index in [1.165, 1.54) is 12.1 Å². The maximum Gasteiger partial charge on any atom is 0.162 e. The SMILES string of the molecule is CCOCC(=O)Cc1ccc(F)cc1Br. The van der Waals surface area contributed by atoms with Crippen molar-refractivity contribution in [2.45, 2.75) is 13.3 Å². The number of hydrogen-bond donors (Lipinski definition) is 0. The Hall–Kier alpha value is -0.740. The van der Waals surface area contributed by atoms with Crippen LogP contribution in [0.2, 0.25) is 0 Å². The van der Waals surface area contributed by atoms with Crippen LogP contribution in [0.3, 0.4) is 0 Å². The van der Waals surface area contributed by atoms with E-state index in [-0.39, 0.29) is 24.6 Å². The summed E-state index contributed by atoms with van der Waals surface area (Å²) in [4.78, 5) is 11.4. The summed E-state index contributed by atoms with van der Waals surface area (Å²) < 4.78 is 18.4. The number of ether oxygens (including phenoxy) is 1. The van der Waals surface area contributed by atoms with Crippen LogP contribution in [0.15, 0.2) is 22.7 Å². The van der Waals surface area contributed by atoms with Gasteiger partial charge in [-0.15, -0.1) is 0 Å². The lowest BCUT2D eigenvalue weighted by Crippen LogP contribution is -2.11. The number of rotatable bonds is 5. The zero-order valence-corrected chi connectivity index (χ0v) is 10.0. The standard InChI is InChI=1S/C11H12BrFO2/c1-2-15-7-10(14)5-8-3-4-9(13)6-11(8)12/h3-4,6H,2,5,7H2,1H3. The van der Waals surface area contributed by atoms with Crippen LogP contribution in [0.1, 0.15) is 12.5 Å². The Kier molecular flexibility index (Phi) is 4.91. The Morgan fingerprint density at radius 2 is 2.27 bits per heavy atom. The highest BCUT2D eigenvalue weighted by molar-refractivity contribution is 9.10. The van der Waals surface area contributed by atoms with Crippen LogP contribution in [0.25, 0.3) is 0 Å². The molecule has 0 heterocycles. The third-order valence-corrected chi connectivity index (χ3v) is 2.61. The van der Waals surface area contributed by atoms with E-state index in [4.69, 9.17) is 4.74 Å². The summed E-state index contributed by atoms with van der Waals surface area (Å²) in [6.07, 6.45) is 0.265. The fraction of sp³-hybridized carbons (Fsp3) is 0.364. The van der Waals surface area contributed by atoms with Crippen molar-refractivity contribution in [1.29, 1.82) is 0 Å². The van der Waals surface area contributed by atoms with E-state index in [9.17, 15) is 9.18 Å². The number of carbonyl (C=O) groups excluding carboxylic acids is 1. The molecule has 0 aliphatic rings. The fourth-order valence-corrected chi connectivity index (χ4v) is 1.64. The van der Waals surface area contributed by atoms with Gasteiger partial charge in [-0.25, -0.2) is 4.39 Å². The van der Waals surface area contributed by atoms with Gasteiger partial charge in [0, 0.05) is 17.5 Å². The van der Waals surface area contributed by atoms with E-state index < -0.39 is 0 Å². The highest BCUT2D eigenvalue weighted by atomic mass is 79.9. The zero-order valence-electron chi connectivity index (χ0n) is 8.43. The molecule has 0 spiro atoms. The summed E-state index contributed by atoms with van der Waals surface area (Å²) in [5, 5.41) is 0. The number of ketones is 1. The molecule has 2 nitrogen and oxygen atoms in total. The van der Waals surface area contributed by atoms with Crippen molar-refractivity contribution >= 4 is 21.7 Å². The van der Waals surface area contributed by atoms with Crippen LogP contribution in [0.4, 0.5) is 4.39 Å². The predicted molar refractivity (Wildman–Crippen MR) is 59.3 cm³/mol. The lowest BCUT2D eigenvalue weighted by atomic mass is 10.1. The van der Waals surface area contributed by atoms with Crippen molar-refractivity contribution in [2.75, 3.05) is 13.2 Å². The smallest absolute Gasteiger partial charge is 0.162 e. The summed E-state index contributed by atoms with van der Waals surface area (Å²) in [6, 6.07) is 4.29. The van der Waals surface area contributed by atoms with E-state index in [1.54, 1.807) is 6.07 Å². The lowest BCUT2D eigenvalue weighted by molar-refractivity contribution is -0.122. The van der Waals surface area contributed by atoms with E-state index in [0.29, 0.717) is 11.1 Å². The lowest BCUT2D eigenvalue weighted by Gasteiger charge is -2.04. The first-order valence-corrected chi connectivity index (χ1v) is 5.46. The monoisotopic (exact) mass is 274 g/mol. The number of Topliss-reactive ketones (excluding diaryl/α,β-unsaturated/α-hetero) is 1. The quantitative estimate of drug-likeness (QED) is 0.826. The summed E-state index contributed by atoms with van der Waals surface area (Å²) in [5.74, 6) is -0.327. The van der Waals surface area contributed by atoms with E-state index in [1.807, 2.05) is 6.92 Å². The summed E-state index contributed by atoms with van der Waals surface area (Å²) in [5.41, 5.74) is 0.779. The first-order valence-electron chi connectivity index (χ1n) is 4.67. The van der Waals surface area contributed by atoms with Gasteiger partial charge in [0.15, 0.2) is 5.78 Å². The van der Waals surface area contributed by atoms with Crippen molar-refractivity contribution in [1.82, 2.24) is 0 Å². The molecule has 0 bridgehead atoms. The molecular weight excluding hydrogens is 263 g/mol. The molecule has 0 N–H and O–H groups in total. The maximum atomic E-state index is 12.7. The van der Waals surface area contributed by atoms with Crippen LogP contribution in [0.5, 0.6) is 0 Å². The van der Waals surface area contributed by atoms with Gasteiger partial charge in [-0.2, -0.15) is 0 Å². The molecule has 1 rings (SSSR count). The van der Waals surface area contributed by atoms with Crippen molar-refractivity contribution in [3.63, 3.8) is 0 Å². The molecule has 1 aromatic carbocycles. The van der Waals surface area contributed by atoms with E-state index >= 15 is 0 Å². The molecule has 0 saturated heterocycles. The van der Waals surface area contributed by atoms with Gasteiger partial charge in [-0.3, -0.25) is 4.79 Å². The topological polar surface area (TPSA) is 26.3 Å². The van der Waals surface area contributed by atoms with Crippen molar-refractivity contribution in [2.24, 2.45) is 0 Å². The number of halogens is 2. The summed E-state index contributed by atoms with van der Waals surface area (Å²) in [7, 11) is 0. The zero-order chi connectivity index (χ0) is 11.3. The Bertz CT molecular complexity index is 352. The minimum atomic E-state index is -0.317. The van der Waals surface area contributed by atoms with Crippen molar-refractivity contribution in [3.8, 4) is 0 Å². The normalized spacial score (nSPS) is 10.3. The van der Waals surface area contributed by atoms with Crippen molar-refractivity contribution in [3.05, 3.63) is 34.1 Å². The number of carbonyl (C=O) groups is 1. The molecule has 82 valence electrons. The number of benzene rings is 1.